The van der Waals surface area contributed by atoms with E-state index >= 15 is 0 Å². The highest BCUT2D eigenvalue weighted by molar-refractivity contribution is 9.11. The summed E-state index contributed by atoms with van der Waals surface area (Å²) in [6.45, 7) is 9.33. The lowest BCUT2D eigenvalue weighted by atomic mass is 9.89. The molecule has 0 aromatic carbocycles. The molecule has 0 aliphatic heterocycles. The van der Waals surface area contributed by atoms with Crippen LogP contribution in [0.4, 0.5) is 0 Å². The van der Waals surface area contributed by atoms with E-state index in [9.17, 15) is 0 Å². The van der Waals surface area contributed by atoms with Crippen molar-refractivity contribution < 1.29 is 0 Å². The minimum absolute atomic E-state index is 0.949. The second kappa shape index (κ2) is 34.8. The van der Waals surface area contributed by atoms with Crippen LogP contribution < -0.4 is 0 Å². The van der Waals surface area contributed by atoms with E-state index in [0.717, 1.165) is 11.8 Å². The van der Waals surface area contributed by atoms with E-state index in [1.54, 1.807) is 39.3 Å². The molecule has 6 heteroatoms. The number of fused-ring (bicyclic) bond motifs is 5. The van der Waals surface area contributed by atoms with Crippen LogP contribution in [0.1, 0.15) is 283 Å². The average molecular weight is 1060 g/mol. The molecule has 0 saturated carbocycles. The Labute approximate surface area is 417 Å². The third kappa shape index (κ3) is 20.4. The van der Waals surface area contributed by atoms with Crippen LogP contribution in [0.25, 0.3) is 28.2 Å². The monoisotopic (exact) mass is 1050 g/mol. The highest BCUT2D eigenvalue weighted by atomic mass is 79.9. The van der Waals surface area contributed by atoms with Crippen molar-refractivity contribution in [2.24, 2.45) is 11.8 Å². The van der Waals surface area contributed by atoms with Crippen molar-refractivity contribution in [1.29, 1.82) is 0 Å². The molecule has 0 aliphatic rings. The molecule has 0 nitrogen and oxygen atoms in total. The summed E-state index contributed by atoms with van der Waals surface area (Å²) in [5.74, 6) is 1.90. The van der Waals surface area contributed by atoms with Gasteiger partial charge in [-0.3, -0.25) is 0 Å². The molecule has 0 fully saturated rings. The van der Waals surface area contributed by atoms with Crippen LogP contribution in [-0.4, -0.2) is 0 Å². The maximum absolute atomic E-state index is 4.09. The molecule has 2 atom stereocenters. The smallest absolute Gasteiger partial charge is 0.0751 e. The number of unbranched alkanes of at least 4 members (excludes halogenated alkanes) is 26. The molecule has 0 radical (unpaired) electrons. The quantitative estimate of drug-likeness (QED) is 0.0388. The van der Waals surface area contributed by atoms with Gasteiger partial charge < -0.3 is 0 Å². The molecule has 0 spiro atoms. The topological polar surface area (TPSA) is 0 Å². The molecule has 2 unspecified atom stereocenters. The fraction of sp³-hybridized carbons (Fsp3) is 0.821. The normalized spacial score (nSPS) is 13.2. The van der Waals surface area contributed by atoms with Gasteiger partial charge in [0, 0.05) is 0 Å². The molecule has 4 rings (SSSR count). The summed E-state index contributed by atoms with van der Waals surface area (Å²) < 4.78 is 12.3. The Bertz CT molecular complexity index is 1550. The average Bonchev–Trinajstić information content (AvgIpc) is 3.98. The van der Waals surface area contributed by atoms with Gasteiger partial charge in [-0.05, 0) is 80.5 Å². The van der Waals surface area contributed by atoms with Crippen LogP contribution in [0.5, 0.6) is 0 Å². The number of rotatable bonds is 42. The maximum Gasteiger partial charge on any atom is 0.0751 e. The van der Waals surface area contributed by atoms with Gasteiger partial charge in [0.15, 0.2) is 0 Å². The third-order valence-corrected chi connectivity index (χ3v) is 21.5. The molecule has 4 heterocycles. The van der Waals surface area contributed by atoms with Crippen molar-refractivity contribution in [2.75, 3.05) is 0 Å². The first-order valence-electron chi connectivity index (χ1n) is 27.2. The Morgan fingerprint density at radius 1 is 0.274 bits per heavy atom. The molecule has 62 heavy (non-hydrogen) atoms. The first kappa shape index (κ1) is 55.1. The fourth-order valence-corrected chi connectivity index (χ4v) is 18.0. The van der Waals surface area contributed by atoms with Crippen LogP contribution in [0.15, 0.2) is 7.57 Å². The number of aryl methyl sites for hydroxylation is 2. The lowest BCUT2D eigenvalue weighted by Gasteiger charge is -2.17. The molecular weight excluding hydrogens is 961 g/mol. The van der Waals surface area contributed by atoms with E-state index in [0.29, 0.717) is 0 Å². The number of halogens is 2. The highest BCUT2D eigenvalue weighted by Gasteiger charge is 2.23. The van der Waals surface area contributed by atoms with Gasteiger partial charge in [0.05, 0.1) is 35.8 Å². The molecule has 0 amide bonds. The largest absolute Gasteiger partial charge is 0.131 e. The zero-order chi connectivity index (χ0) is 44.0. The van der Waals surface area contributed by atoms with E-state index in [4.69, 9.17) is 0 Å². The lowest BCUT2D eigenvalue weighted by Crippen LogP contribution is -2.02. The minimum atomic E-state index is 0.949. The predicted molar refractivity (Wildman–Crippen MR) is 298 cm³/mol. The SMILES string of the molecule is CCCCCCCCCCC(CCCCCCCC)CCCCc1c(Br)sc2c1sc1c3sc(Br)c(CCCCC(CCCCCCCC)CCCCCCCCCC)c3sc21. The second-order valence-electron chi connectivity index (χ2n) is 19.8. The van der Waals surface area contributed by atoms with Crippen LogP contribution in [0, 0.1) is 11.8 Å². The van der Waals surface area contributed by atoms with Crippen LogP contribution in [-0.2, 0) is 12.8 Å². The van der Waals surface area contributed by atoms with Crippen molar-refractivity contribution >= 4 is 105 Å². The van der Waals surface area contributed by atoms with Crippen molar-refractivity contribution in [3.63, 3.8) is 0 Å². The van der Waals surface area contributed by atoms with Gasteiger partial charge >= 0.3 is 0 Å². The molecule has 0 bridgehead atoms. The van der Waals surface area contributed by atoms with Gasteiger partial charge in [-0.2, -0.15) is 0 Å². The zero-order valence-corrected chi connectivity index (χ0v) is 47.3. The Hall–Kier alpha value is 0.540. The second-order valence-corrected chi connectivity index (χ2v) is 26.5. The van der Waals surface area contributed by atoms with Crippen LogP contribution >= 0.6 is 77.2 Å². The third-order valence-electron chi connectivity index (χ3n) is 14.3. The lowest BCUT2D eigenvalue weighted by molar-refractivity contribution is 0.368. The van der Waals surface area contributed by atoms with Crippen molar-refractivity contribution in [2.45, 2.75) is 285 Å². The van der Waals surface area contributed by atoms with Gasteiger partial charge in [0.2, 0.25) is 0 Å². The molecule has 4 aromatic heterocycles. The first-order valence-corrected chi connectivity index (χ1v) is 32.1. The van der Waals surface area contributed by atoms with Crippen molar-refractivity contribution in [3.05, 3.63) is 18.7 Å². The molecule has 0 aliphatic carbocycles. The molecule has 0 saturated heterocycles. The molecular formula is C56H94Br2S4. The summed E-state index contributed by atoms with van der Waals surface area (Å²) in [5, 5.41) is 0. The van der Waals surface area contributed by atoms with Gasteiger partial charge in [0.1, 0.15) is 0 Å². The Balaban J connectivity index is 1.27. The summed E-state index contributed by atoms with van der Waals surface area (Å²) in [7, 11) is 0. The van der Waals surface area contributed by atoms with E-state index in [1.165, 1.54) is 264 Å². The maximum atomic E-state index is 4.09. The minimum Gasteiger partial charge on any atom is -0.131 e. The highest BCUT2D eigenvalue weighted by Crippen LogP contribution is 2.54. The predicted octanol–water partition coefficient (Wildman–Crippen LogP) is 24.1. The van der Waals surface area contributed by atoms with Gasteiger partial charge in [-0.1, -0.05) is 259 Å². The number of hydrogen-bond donors (Lipinski definition) is 0. The van der Waals surface area contributed by atoms with Gasteiger partial charge in [-0.25, -0.2) is 0 Å². The summed E-state index contributed by atoms with van der Waals surface area (Å²) in [6.07, 6.45) is 57.0. The van der Waals surface area contributed by atoms with Crippen LogP contribution in [0.2, 0.25) is 0 Å². The van der Waals surface area contributed by atoms with Crippen molar-refractivity contribution in [1.82, 2.24) is 0 Å². The Morgan fingerprint density at radius 3 is 0.774 bits per heavy atom. The molecule has 0 N–H and O–H groups in total. The zero-order valence-electron chi connectivity index (χ0n) is 40.8. The Kier molecular flexibility index (Phi) is 30.9. The summed E-state index contributed by atoms with van der Waals surface area (Å²) in [5.41, 5.74) is 3.22. The standard InChI is InChI=1S/C56H94Br2S4/c1-5-9-13-17-21-23-27-31-39-45(37-29-25-19-15-11-7-3)41-33-35-43-47-49-51(61-55(47)57)53-54(59-49)52-50(60-53)48(56(58)62-52)44-36-34-42-46(38-30-26-20-16-12-8-4)40-32-28-24-22-18-14-10-6-2/h45-46H,5-44H2,1-4H3. The van der Waals surface area contributed by atoms with E-state index < -0.39 is 0 Å². The molecule has 4 aromatic rings. The van der Waals surface area contributed by atoms with Gasteiger partial charge in [0.25, 0.3) is 0 Å². The van der Waals surface area contributed by atoms with E-state index in [2.05, 4.69) is 82.2 Å². The van der Waals surface area contributed by atoms with E-state index in [1.807, 2.05) is 22.7 Å². The fourth-order valence-electron chi connectivity index (χ4n) is 10.3. The Morgan fingerprint density at radius 2 is 0.500 bits per heavy atom. The van der Waals surface area contributed by atoms with Crippen molar-refractivity contribution in [3.8, 4) is 0 Å². The summed E-state index contributed by atoms with van der Waals surface area (Å²) in [4.78, 5) is 0. The number of hydrogen-bond acceptors (Lipinski definition) is 4. The summed E-state index contributed by atoms with van der Waals surface area (Å²) in [6, 6.07) is 0. The van der Waals surface area contributed by atoms with E-state index in [-0.39, 0.29) is 0 Å². The van der Waals surface area contributed by atoms with Gasteiger partial charge in [-0.15, -0.1) is 45.3 Å². The van der Waals surface area contributed by atoms with Crippen LogP contribution in [0.3, 0.4) is 0 Å². The summed E-state index contributed by atoms with van der Waals surface area (Å²) >= 11 is 16.5. The molecule has 356 valence electrons. The first-order chi connectivity index (χ1) is 30.5. The number of thiophene rings is 4.